The van der Waals surface area contributed by atoms with Crippen molar-refractivity contribution in [1.82, 2.24) is 10.4 Å². The molecule has 3 heteroatoms. The summed E-state index contributed by atoms with van der Waals surface area (Å²) >= 11 is 0. The van der Waals surface area contributed by atoms with E-state index in [1.165, 1.54) is 38.8 Å². The largest absolute Gasteiger partial charge is 0.300 e. The van der Waals surface area contributed by atoms with Gasteiger partial charge in [-0.1, -0.05) is 0 Å². The molecule has 2 fully saturated rings. The third kappa shape index (κ3) is 2.47. The maximum absolute atomic E-state index is 5.46. The quantitative estimate of drug-likeness (QED) is 0.696. The Bertz CT molecular complexity index is 184. The molecule has 3 nitrogen and oxygen atoms in total. The second-order valence-electron chi connectivity index (χ2n) is 4.84. The first-order valence-electron chi connectivity index (χ1n) is 5.91. The van der Waals surface area contributed by atoms with Gasteiger partial charge in [0.25, 0.3) is 0 Å². The molecule has 0 saturated carbocycles. The molecule has 2 unspecified atom stereocenters. The molecule has 0 bridgehead atoms. The Morgan fingerprint density at radius 3 is 2.93 bits per heavy atom. The zero-order valence-electron chi connectivity index (χ0n) is 9.33. The van der Waals surface area contributed by atoms with E-state index in [2.05, 4.69) is 24.2 Å². The predicted molar refractivity (Wildman–Crippen MR) is 57.0 cm³/mol. The summed E-state index contributed by atoms with van der Waals surface area (Å²) in [6, 6.07) is 1.41. The van der Waals surface area contributed by atoms with Gasteiger partial charge in [-0.05, 0) is 52.6 Å². The lowest BCUT2D eigenvalue weighted by molar-refractivity contribution is -0.0415. The first kappa shape index (κ1) is 10.4. The minimum atomic E-state index is 0.289. The molecule has 0 amide bonds. The molecule has 2 aliphatic heterocycles. The van der Waals surface area contributed by atoms with E-state index in [1.54, 1.807) is 0 Å². The number of fused-ring (bicyclic) bond motifs is 1. The maximum Gasteiger partial charge on any atom is 0.0734 e. The molecule has 2 atom stereocenters. The zero-order valence-corrected chi connectivity index (χ0v) is 9.33. The molecule has 0 aromatic rings. The Hall–Kier alpha value is -0.120. The summed E-state index contributed by atoms with van der Waals surface area (Å²) in [6.45, 7) is 6.71. The van der Waals surface area contributed by atoms with Crippen molar-refractivity contribution in [2.24, 2.45) is 0 Å². The van der Waals surface area contributed by atoms with E-state index >= 15 is 0 Å². The molecular weight excluding hydrogens is 176 g/mol. The van der Waals surface area contributed by atoms with Crippen LogP contribution in [0.2, 0.25) is 0 Å². The molecule has 2 rings (SSSR count). The van der Waals surface area contributed by atoms with Gasteiger partial charge >= 0.3 is 0 Å². The van der Waals surface area contributed by atoms with Crippen LogP contribution in [0.3, 0.4) is 0 Å². The topological polar surface area (TPSA) is 24.5 Å². The molecule has 0 radical (unpaired) electrons. The highest BCUT2D eigenvalue weighted by Gasteiger charge is 2.31. The SMILES string of the molecule is CC(C)ONC1CCN2CCCC2C1. The van der Waals surface area contributed by atoms with Gasteiger partial charge in [0.1, 0.15) is 0 Å². The molecule has 2 saturated heterocycles. The second-order valence-corrected chi connectivity index (χ2v) is 4.84. The smallest absolute Gasteiger partial charge is 0.0734 e. The van der Waals surface area contributed by atoms with Gasteiger partial charge in [-0.2, -0.15) is 5.48 Å². The summed E-state index contributed by atoms with van der Waals surface area (Å²) in [5.41, 5.74) is 3.21. The van der Waals surface area contributed by atoms with Crippen LogP contribution in [0.25, 0.3) is 0 Å². The zero-order chi connectivity index (χ0) is 9.97. The van der Waals surface area contributed by atoms with Crippen LogP contribution in [0.4, 0.5) is 0 Å². The summed E-state index contributed by atoms with van der Waals surface area (Å²) in [5.74, 6) is 0. The molecule has 0 aromatic heterocycles. The van der Waals surface area contributed by atoms with Crippen molar-refractivity contribution in [2.45, 2.75) is 57.7 Å². The van der Waals surface area contributed by atoms with Gasteiger partial charge in [-0.25, -0.2) is 0 Å². The third-order valence-electron chi connectivity index (χ3n) is 3.29. The number of rotatable bonds is 3. The fourth-order valence-corrected chi connectivity index (χ4v) is 2.56. The van der Waals surface area contributed by atoms with Crippen LogP contribution in [0.5, 0.6) is 0 Å². The lowest BCUT2D eigenvalue weighted by Crippen LogP contribution is -2.46. The third-order valence-corrected chi connectivity index (χ3v) is 3.29. The minimum Gasteiger partial charge on any atom is -0.300 e. The van der Waals surface area contributed by atoms with E-state index in [0.717, 1.165) is 6.04 Å². The Morgan fingerprint density at radius 2 is 2.14 bits per heavy atom. The highest BCUT2D eigenvalue weighted by Crippen LogP contribution is 2.26. The average Bonchev–Trinajstić information content (AvgIpc) is 2.61. The molecule has 1 N–H and O–H groups in total. The molecule has 0 aromatic carbocycles. The number of piperidine rings is 1. The minimum absolute atomic E-state index is 0.289. The Kier molecular flexibility index (Phi) is 3.42. The van der Waals surface area contributed by atoms with Crippen molar-refractivity contribution in [1.29, 1.82) is 0 Å². The van der Waals surface area contributed by atoms with Crippen molar-refractivity contribution in [3.05, 3.63) is 0 Å². The maximum atomic E-state index is 5.46. The highest BCUT2D eigenvalue weighted by molar-refractivity contribution is 4.88. The molecule has 2 heterocycles. The average molecular weight is 198 g/mol. The number of hydroxylamine groups is 1. The normalized spacial score (nSPS) is 33.6. The van der Waals surface area contributed by atoms with Crippen LogP contribution in [0, 0.1) is 0 Å². The molecule has 2 aliphatic rings. The van der Waals surface area contributed by atoms with Gasteiger partial charge in [-0.3, -0.25) is 4.84 Å². The Labute approximate surface area is 86.8 Å². The lowest BCUT2D eigenvalue weighted by atomic mass is 9.98. The summed E-state index contributed by atoms with van der Waals surface area (Å²) < 4.78 is 0. The van der Waals surface area contributed by atoms with Gasteiger partial charge in [0.05, 0.1) is 6.10 Å². The number of hydrogen-bond donors (Lipinski definition) is 1. The fraction of sp³-hybridized carbons (Fsp3) is 1.00. The standard InChI is InChI=1S/C11H22N2O/c1-9(2)14-12-10-5-7-13-6-3-4-11(13)8-10/h9-12H,3-8H2,1-2H3. The van der Waals surface area contributed by atoms with Gasteiger partial charge in [-0.15, -0.1) is 0 Å². The number of hydrogen-bond acceptors (Lipinski definition) is 3. The van der Waals surface area contributed by atoms with E-state index < -0.39 is 0 Å². The van der Waals surface area contributed by atoms with Crippen LogP contribution in [0.15, 0.2) is 0 Å². The van der Waals surface area contributed by atoms with E-state index in [-0.39, 0.29) is 6.10 Å². The summed E-state index contributed by atoms with van der Waals surface area (Å²) in [6.07, 6.45) is 5.58. The van der Waals surface area contributed by atoms with Gasteiger partial charge in [0.2, 0.25) is 0 Å². The van der Waals surface area contributed by atoms with Crippen molar-refractivity contribution in [3.63, 3.8) is 0 Å². The van der Waals surface area contributed by atoms with Crippen LogP contribution in [-0.2, 0) is 4.84 Å². The van der Waals surface area contributed by atoms with E-state index in [1.807, 2.05) is 0 Å². The highest BCUT2D eigenvalue weighted by atomic mass is 16.7. The van der Waals surface area contributed by atoms with Crippen molar-refractivity contribution >= 4 is 0 Å². The van der Waals surface area contributed by atoms with Crippen molar-refractivity contribution in [3.8, 4) is 0 Å². The predicted octanol–water partition coefficient (Wildman–Crippen LogP) is 1.54. The number of nitrogens with zero attached hydrogens (tertiary/aromatic N) is 1. The molecular formula is C11H22N2O. The fourth-order valence-electron chi connectivity index (χ4n) is 2.56. The van der Waals surface area contributed by atoms with E-state index in [4.69, 9.17) is 4.84 Å². The lowest BCUT2D eigenvalue weighted by Gasteiger charge is -2.35. The van der Waals surface area contributed by atoms with Crippen LogP contribution >= 0.6 is 0 Å². The first-order chi connectivity index (χ1) is 6.75. The van der Waals surface area contributed by atoms with Gasteiger partial charge in [0.15, 0.2) is 0 Å². The summed E-state index contributed by atoms with van der Waals surface area (Å²) in [7, 11) is 0. The van der Waals surface area contributed by atoms with Crippen LogP contribution in [-0.4, -0.2) is 36.2 Å². The molecule has 82 valence electrons. The van der Waals surface area contributed by atoms with Gasteiger partial charge in [0, 0.05) is 12.1 Å². The summed E-state index contributed by atoms with van der Waals surface area (Å²) in [5, 5.41) is 0. The van der Waals surface area contributed by atoms with Crippen molar-refractivity contribution < 1.29 is 4.84 Å². The van der Waals surface area contributed by atoms with Crippen LogP contribution < -0.4 is 5.48 Å². The number of nitrogens with one attached hydrogen (secondary N) is 1. The molecule has 14 heavy (non-hydrogen) atoms. The monoisotopic (exact) mass is 198 g/mol. The first-order valence-corrected chi connectivity index (χ1v) is 5.91. The Balaban J connectivity index is 1.74. The molecule has 0 spiro atoms. The van der Waals surface area contributed by atoms with Crippen LogP contribution in [0.1, 0.15) is 39.5 Å². The summed E-state index contributed by atoms with van der Waals surface area (Å²) in [4.78, 5) is 8.09. The second kappa shape index (κ2) is 4.60. The molecule has 0 aliphatic carbocycles. The Morgan fingerprint density at radius 1 is 1.29 bits per heavy atom. The van der Waals surface area contributed by atoms with E-state index in [9.17, 15) is 0 Å². The van der Waals surface area contributed by atoms with E-state index in [0.29, 0.717) is 6.04 Å². The van der Waals surface area contributed by atoms with Crippen molar-refractivity contribution in [2.75, 3.05) is 13.1 Å². The van der Waals surface area contributed by atoms with Gasteiger partial charge < -0.3 is 4.90 Å².